The Morgan fingerprint density at radius 3 is 2.53 bits per heavy atom. The Morgan fingerprint density at radius 1 is 1.06 bits per heavy atom. The van der Waals surface area contributed by atoms with E-state index in [1.54, 1.807) is 0 Å². The van der Waals surface area contributed by atoms with Gasteiger partial charge >= 0.3 is 0 Å². The van der Waals surface area contributed by atoms with E-state index in [0.29, 0.717) is 42.0 Å². The minimum Gasteiger partial charge on any atom is -0.490 e. The predicted octanol–water partition coefficient (Wildman–Crippen LogP) is 3.55. The van der Waals surface area contributed by atoms with E-state index in [2.05, 4.69) is 15.5 Å². The SMILES string of the molecule is CCOc1ccc(-c2nc(-c3ccc(C(=O)N4CCNCC4)cc3C)no2)cc1OCC. The van der Waals surface area contributed by atoms with Gasteiger partial charge in [0.1, 0.15) is 0 Å². The number of amides is 1. The quantitative estimate of drug-likeness (QED) is 0.606. The van der Waals surface area contributed by atoms with Gasteiger partial charge in [-0.15, -0.1) is 0 Å². The number of aryl methyl sites for hydroxylation is 1. The second kappa shape index (κ2) is 9.82. The van der Waals surface area contributed by atoms with Gasteiger partial charge < -0.3 is 24.2 Å². The number of hydrogen-bond donors (Lipinski definition) is 1. The van der Waals surface area contributed by atoms with Crippen molar-refractivity contribution in [1.29, 1.82) is 0 Å². The van der Waals surface area contributed by atoms with Gasteiger partial charge in [0.2, 0.25) is 5.82 Å². The molecule has 0 unspecified atom stereocenters. The van der Waals surface area contributed by atoms with Gasteiger partial charge in [0.05, 0.1) is 13.2 Å². The van der Waals surface area contributed by atoms with Crippen molar-refractivity contribution in [2.75, 3.05) is 39.4 Å². The summed E-state index contributed by atoms with van der Waals surface area (Å²) in [5, 5.41) is 7.42. The van der Waals surface area contributed by atoms with Crippen LogP contribution < -0.4 is 14.8 Å². The Kier molecular flexibility index (Phi) is 6.70. The molecule has 1 saturated heterocycles. The fourth-order valence-electron chi connectivity index (χ4n) is 3.73. The predicted molar refractivity (Wildman–Crippen MR) is 121 cm³/mol. The van der Waals surface area contributed by atoms with Gasteiger partial charge in [-0.05, 0) is 56.7 Å². The molecule has 4 rings (SSSR count). The maximum Gasteiger partial charge on any atom is 0.258 e. The summed E-state index contributed by atoms with van der Waals surface area (Å²) in [6.45, 7) is 9.97. The molecule has 0 bridgehead atoms. The van der Waals surface area contributed by atoms with Gasteiger partial charge in [0, 0.05) is 42.9 Å². The smallest absolute Gasteiger partial charge is 0.258 e. The molecule has 1 aliphatic heterocycles. The number of ether oxygens (including phenoxy) is 2. The van der Waals surface area contributed by atoms with E-state index in [9.17, 15) is 4.79 Å². The molecule has 0 aliphatic carbocycles. The topological polar surface area (TPSA) is 89.7 Å². The van der Waals surface area contributed by atoms with E-state index in [-0.39, 0.29) is 5.91 Å². The number of nitrogens with one attached hydrogen (secondary N) is 1. The lowest BCUT2D eigenvalue weighted by atomic mass is 10.0. The molecule has 1 fully saturated rings. The second-order valence-corrected chi connectivity index (χ2v) is 7.52. The Balaban J connectivity index is 1.57. The van der Waals surface area contributed by atoms with Crippen molar-refractivity contribution in [2.24, 2.45) is 0 Å². The van der Waals surface area contributed by atoms with Crippen LogP contribution in [0.1, 0.15) is 29.8 Å². The van der Waals surface area contributed by atoms with Crippen molar-refractivity contribution < 1.29 is 18.8 Å². The first-order valence-corrected chi connectivity index (χ1v) is 11.0. The fraction of sp³-hybridized carbons (Fsp3) is 0.375. The molecular formula is C24H28N4O4. The highest BCUT2D eigenvalue weighted by Crippen LogP contribution is 2.33. The van der Waals surface area contributed by atoms with Gasteiger partial charge in [0.15, 0.2) is 11.5 Å². The third-order valence-electron chi connectivity index (χ3n) is 5.33. The van der Waals surface area contributed by atoms with Gasteiger partial charge in [-0.1, -0.05) is 11.2 Å². The van der Waals surface area contributed by atoms with Crippen LogP contribution in [-0.4, -0.2) is 60.3 Å². The van der Waals surface area contributed by atoms with Crippen LogP contribution in [0.5, 0.6) is 11.5 Å². The lowest BCUT2D eigenvalue weighted by molar-refractivity contribution is 0.0735. The number of benzene rings is 2. The summed E-state index contributed by atoms with van der Waals surface area (Å²) in [4.78, 5) is 19.2. The zero-order chi connectivity index (χ0) is 22.5. The van der Waals surface area contributed by atoms with Crippen LogP contribution in [0.3, 0.4) is 0 Å². The van der Waals surface area contributed by atoms with Crippen LogP contribution in [0.2, 0.25) is 0 Å². The lowest BCUT2D eigenvalue weighted by Gasteiger charge is -2.27. The fourth-order valence-corrected chi connectivity index (χ4v) is 3.73. The molecule has 8 nitrogen and oxygen atoms in total. The first kappa shape index (κ1) is 21.8. The van der Waals surface area contributed by atoms with Crippen molar-refractivity contribution in [3.63, 3.8) is 0 Å². The van der Waals surface area contributed by atoms with Gasteiger partial charge in [-0.2, -0.15) is 4.98 Å². The van der Waals surface area contributed by atoms with Crippen LogP contribution >= 0.6 is 0 Å². The summed E-state index contributed by atoms with van der Waals surface area (Å²) in [5.41, 5.74) is 3.16. The molecule has 32 heavy (non-hydrogen) atoms. The first-order valence-electron chi connectivity index (χ1n) is 11.0. The summed E-state index contributed by atoms with van der Waals surface area (Å²) < 4.78 is 16.8. The Hall–Kier alpha value is -3.39. The highest BCUT2D eigenvalue weighted by atomic mass is 16.5. The summed E-state index contributed by atoms with van der Waals surface area (Å²) in [6.07, 6.45) is 0. The average molecular weight is 437 g/mol. The van der Waals surface area contributed by atoms with Crippen LogP contribution in [0, 0.1) is 6.92 Å². The Labute approximate surface area is 187 Å². The van der Waals surface area contributed by atoms with Crippen LogP contribution in [-0.2, 0) is 0 Å². The zero-order valence-corrected chi connectivity index (χ0v) is 18.7. The molecule has 1 aromatic heterocycles. The molecular weight excluding hydrogens is 408 g/mol. The number of carbonyl (C=O) groups is 1. The molecule has 0 spiro atoms. The van der Waals surface area contributed by atoms with Crippen molar-refractivity contribution in [3.8, 4) is 34.3 Å². The molecule has 8 heteroatoms. The maximum absolute atomic E-state index is 12.8. The third-order valence-corrected chi connectivity index (χ3v) is 5.33. The molecule has 2 heterocycles. The number of rotatable bonds is 7. The average Bonchev–Trinajstić information content (AvgIpc) is 3.30. The second-order valence-electron chi connectivity index (χ2n) is 7.52. The van der Waals surface area contributed by atoms with Crippen LogP contribution in [0.25, 0.3) is 22.8 Å². The largest absolute Gasteiger partial charge is 0.490 e. The van der Waals surface area contributed by atoms with Crippen molar-refractivity contribution in [2.45, 2.75) is 20.8 Å². The van der Waals surface area contributed by atoms with Gasteiger partial charge in [-0.3, -0.25) is 4.79 Å². The zero-order valence-electron chi connectivity index (χ0n) is 18.7. The number of piperazine rings is 1. The van der Waals surface area contributed by atoms with E-state index in [4.69, 9.17) is 14.0 Å². The number of aromatic nitrogens is 2. The number of nitrogens with zero attached hydrogens (tertiary/aromatic N) is 3. The third kappa shape index (κ3) is 4.60. The molecule has 0 radical (unpaired) electrons. The monoisotopic (exact) mass is 436 g/mol. The highest BCUT2D eigenvalue weighted by Gasteiger charge is 2.20. The standard InChI is InChI=1S/C24H28N4O4/c1-4-30-20-9-7-17(15-21(20)31-5-2)23-26-22(27-32-23)19-8-6-18(14-16(19)3)24(29)28-12-10-25-11-13-28/h6-9,14-15,25H,4-5,10-13H2,1-3H3. The summed E-state index contributed by atoms with van der Waals surface area (Å²) >= 11 is 0. The van der Waals surface area contributed by atoms with E-state index >= 15 is 0 Å². The van der Waals surface area contributed by atoms with Crippen LogP contribution in [0.15, 0.2) is 40.9 Å². The number of hydrogen-bond acceptors (Lipinski definition) is 7. The lowest BCUT2D eigenvalue weighted by Crippen LogP contribution is -2.46. The summed E-state index contributed by atoms with van der Waals surface area (Å²) in [6, 6.07) is 11.1. The molecule has 3 aromatic rings. The van der Waals surface area contributed by atoms with Crippen molar-refractivity contribution in [1.82, 2.24) is 20.4 Å². The molecule has 1 aliphatic rings. The van der Waals surface area contributed by atoms with Crippen LogP contribution in [0.4, 0.5) is 0 Å². The molecule has 1 amide bonds. The first-order chi connectivity index (χ1) is 15.6. The maximum atomic E-state index is 12.8. The number of carbonyl (C=O) groups excluding carboxylic acids is 1. The van der Waals surface area contributed by atoms with E-state index in [1.807, 2.05) is 62.1 Å². The molecule has 168 valence electrons. The van der Waals surface area contributed by atoms with Crippen molar-refractivity contribution in [3.05, 3.63) is 47.5 Å². The highest BCUT2D eigenvalue weighted by molar-refractivity contribution is 5.95. The van der Waals surface area contributed by atoms with Crippen molar-refractivity contribution >= 4 is 5.91 Å². The molecule has 1 N–H and O–H groups in total. The van der Waals surface area contributed by atoms with Gasteiger partial charge in [-0.25, -0.2) is 0 Å². The van der Waals surface area contributed by atoms with E-state index in [0.717, 1.165) is 42.9 Å². The summed E-state index contributed by atoms with van der Waals surface area (Å²) in [7, 11) is 0. The minimum atomic E-state index is 0.0489. The van der Waals surface area contributed by atoms with E-state index < -0.39 is 0 Å². The minimum absolute atomic E-state index is 0.0489. The normalized spacial score (nSPS) is 13.8. The molecule has 2 aromatic carbocycles. The molecule has 0 saturated carbocycles. The Morgan fingerprint density at radius 2 is 1.81 bits per heavy atom. The van der Waals surface area contributed by atoms with Gasteiger partial charge in [0.25, 0.3) is 11.8 Å². The Bertz CT molecular complexity index is 1090. The van der Waals surface area contributed by atoms with E-state index in [1.165, 1.54) is 0 Å². The molecule has 0 atom stereocenters. The summed E-state index contributed by atoms with van der Waals surface area (Å²) in [5.74, 6) is 2.24.